The fourth-order valence-corrected chi connectivity index (χ4v) is 4.67. The van der Waals surface area contributed by atoms with E-state index in [1.807, 2.05) is 0 Å². The first-order chi connectivity index (χ1) is 18.7. The van der Waals surface area contributed by atoms with Gasteiger partial charge in [0.05, 0.1) is 12.2 Å². The summed E-state index contributed by atoms with van der Waals surface area (Å²) in [6, 6.07) is 9.78. The van der Waals surface area contributed by atoms with Crippen molar-refractivity contribution in [2.45, 2.75) is 123 Å². The Morgan fingerprint density at radius 2 is 1.28 bits per heavy atom. The number of carboxylic acid groups (broad SMARTS) is 1. The normalized spacial score (nSPS) is 11.8. The molecule has 0 saturated heterocycles. The fourth-order valence-electron chi connectivity index (χ4n) is 4.67. The number of carboxylic acids is 1. The van der Waals surface area contributed by atoms with Gasteiger partial charge in [-0.1, -0.05) is 123 Å². The molecule has 2 rings (SSSR count). The number of rotatable bonds is 19. The summed E-state index contributed by atoms with van der Waals surface area (Å²) >= 11 is 0. The number of hydrogen-bond acceptors (Lipinski definition) is 5. The molecule has 2 aromatic rings. The van der Waals surface area contributed by atoms with Gasteiger partial charge in [-0.25, -0.2) is 4.79 Å². The lowest BCUT2D eigenvalue weighted by molar-refractivity contribution is 0.0697. The quantitative estimate of drug-likeness (QED) is 0.137. The molecule has 0 aliphatic carbocycles. The average Bonchev–Trinajstić information content (AvgIpc) is 2.90. The molecule has 216 valence electrons. The lowest BCUT2D eigenvalue weighted by Crippen LogP contribution is -2.14. The van der Waals surface area contributed by atoms with E-state index in [2.05, 4.69) is 37.9 Å². The van der Waals surface area contributed by atoms with Gasteiger partial charge in [-0.2, -0.15) is 0 Å². The van der Waals surface area contributed by atoms with E-state index in [1.54, 1.807) is 30.3 Å². The van der Waals surface area contributed by atoms with Crippen molar-refractivity contribution in [3.05, 3.63) is 47.5 Å². The predicted molar refractivity (Wildman–Crippen MR) is 160 cm³/mol. The number of ether oxygens (including phenoxy) is 1. The molecule has 0 atom stereocenters. The van der Waals surface area contributed by atoms with Gasteiger partial charge in [0.15, 0.2) is 0 Å². The summed E-state index contributed by atoms with van der Waals surface area (Å²) in [5.41, 5.74) is 1.21. The lowest BCUT2D eigenvalue weighted by atomic mass is 9.86. The first-order valence-electron chi connectivity index (χ1n) is 15.0. The summed E-state index contributed by atoms with van der Waals surface area (Å²) in [5.74, 6) is -0.412. The summed E-state index contributed by atoms with van der Waals surface area (Å²) in [4.78, 5) is 11.5. The van der Waals surface area contributed by atoms with E-state index in [0.717, 1.165) is 18.4 Å². The van der Waals surface area contributed by atoms with Gasteiger partial charge in [-0.05, 0) is 30.0 Å². The number of phenols is 1. The number of unbranched alkanes of at least 4 members (excludes halogenated alkanes) is 13. The van der Waals surface area contributed by atoms with Crippen molar-refractivity contribution in [2.24, 2.45) is 10.2 Å². The second-order valence-electron chi connectivity index (χ2n) is 11.6. The highest BCUT2D eigenvalue weighted by Gasteiger charge is 2.22. The third-order valence-corrected chi connectivity index (χ3v) is 7.04. The number of aromatic hydroxyl groups is 1. The number of nitrogens with zero attached hydrogens (tertiary/aromatic N) is 2. The molecule has 0 radical (unpaired) electrons. The summed E-state index contributed by atoms with van der Waals surface area (Å²) in [6.45, 7) is 9.09. The van der Waals surface area contributed by atoms with E-state index in [1.165, 1.54) is 83.1 Å². The number of carbonyl (C=O) groups is 1. The fraction of sp³-hybridized carbons (Fsp3) is 0.606. The number of aromatic carboxylic acids is 1. The molecule has 2 aromatic carbocycles. The average molecular weight is 539 g/mol. The summed E-state index contributed by atoms with van der Waals surface area (Å²) in [7, 11) is 0. The van der Waals surface area contributed by atoms with Crippen molar-refractivity contribution in [3.8, 4) is 11.5 Å². The van der Waals surface area contributed by atoms with E-state index in [0.29, 0.717) is 12.4 Å². The second-order valence-corrected chi connectivity index (χ2v) is 11.6. The Hall–Kier alpha value is -2.89. The third-order valence-electron chi connectivity index (χ3n) is 7.04. The molecule has 0 unspecified atom stereocenters. The maximum absolute atomic E-state index is 11.5. The Morgan fingerprint density at radius 3 is 1.82 bits per heavy atom. The highest BCUT2D eigenvalue weighted by atomic mass is 16.5. The first kappa shape index (κ1) is 32.3. The highest BCUT2D eigenvalue weighted by Crippen LogP contribution is 2.40. The van der Waals surface area contributed by atoms with Crippen LogP contribution in [0.3, 0.4) is 0 Å². The zero-order chi connectivity index (χ0) is 28.5. The largest absolute Gasteiger partial charge is 0.506 e. The number of benzene rings is 2. The molecule has 0 saturated carbocycles. The Labute approximate surface area is 235 Å². The maximum atomic E-state index is 11.5. The summed E-state index contributed by atoms with van der Waals surface area (Å²) in [5, 5.41) is 28.2. The van der Waals surface area contributed by atoms with Crippen molar-refractivity contribution in [1.29, 1.82) is 0 Å². The van der Waals surface area contributed by atoms with Crippen LogP contribution in [0, 0.1) is 0 Å². The minimum absolute atomic E-state index is 0.0136. The van der Waals surface area contributed by atoms with Crippen LogP contribution >= 0.6 is 0 Å². The molecule has 0 aromatic heterocycles. The van der Waals surface area contributed by atoms with Gasteiger partial charge in [0, 0.05) is 11.6 Å². The van der Waals surface area contributed by atoms with Crippen LogP contribution in [0.4, 0.5) is 11.4 Å². The second kappa shape index (κ2) is 17.6. The SMILES string of the molecule is CCCCCCCCCCCCCCCCOc1cc(N=Nc2ccccc2C(=O)O)c(O)cc1C(C)(C)C. The first-order valence-corrected chi connectivity index (χ1v) is 15.0. The minimum atomic E-state index is -1.07. The van der Waals surface area contributed by atoms with E-state index < -0.39 is 5.97 Å². The van der Waals surface area contributed by atoms with Gasteiger partial charge in [0.25, 0.3) is 0 Å². The van der Waals surface area contributed by atoms with Crippen LogP contribution in [0.2, 0.25) is 0 Å². The molecule has 6 heteroatoms. The van der Waals surface area contributed by atoms with Crippen LogP contribution in [0.25, 0.3) is 0 Å². The van der Waals surface area contributed by atoms with Crippen LogP contribution in [-0.4, -0.2) is 22.8 Å². The van der Waals surface area contributed by atoms with Gasteiger partial charge in [0.1, 0.15) is 22.9 Å². The van der Waals surface area contributed by atoms with Crippen molar-refractivity contribution in [2.75, 3.05) is 6.61 Å². The van der Waals surface area contributed by atoms with Gasteiger partial charge in [-0.3, -0.25) is 0 Å². The van der Waals surface area contributed by atoms with Crippen LogP contribution in [-0.2, 0) is 5.41 Å². The van der Waals surface area contributed by atoms with E-state index in [4.69, 9.17) is 4.74 Å². The van der Waals surface area contributed by atoms with E-state index in [-0.39, 0.29) is 28.1 Å². The lowest BCUT2D eigenvalue weighted by Gasteiger charge is -2.23. The Bertz CT molecular complexity index is 1030. The van der Waals surface area contributed by atoms with Crippen molar-refractivity contribution < 1.29 is 19.7 Å². The topological polar surface area (TPSA) is 91.5 Å². The van der Waals surface area contributed by atoms with Gasteiger partial charge >= 0.3 is 5.97 Å². The molecule has 39 heavy (non-hydrogen) atoms. The Balaban J connectivity index is 1.80. The smallest absolute Gasteiger partial charge is 0.337 e. The van der Waals surface area contributed by atoms with Crippen molar-refractivity contribution in [3.63, 3.8) is 0 Å². The molecular weight excluding hydrogens is 488 g/mol. The Kier molecular flexibility index (Phi) is 14.6. The van der Waals surface area contributed by atoms with Crippen molar-refractivity contribution in [1.82, 2.24) is 0 Å². The molecule has 0 heterocycles. The Morgan fingerprint density at radius 1 is 0.769 bits per heavy atom. The molecule has 0 aliphatic heterocycles. The number of azo groups is 1. The molecule has 0 aliphatic rings. The molecule has 0 fully saturated rings. The molecular formula is C33H50N2O4. The molecule has 0 bridgehead atoms. The van der Waals surface area contributed by atoms with Crippen LogP contribution in [0.1, 0.15) is 134 Å². The van der Waals surface area contributed by atoms with Crippen molar-refractivity contribution >= 4 is 17.3 Å². The maximum Gasteiger partial charge on any atom is 0.337 e. The molecule has 2 N–H and O–H groups in total. The third kappa shape index (κ3) is 12.2. The van der Waals surface area contributed by atoms with E-state index >= 15 is 0 Å². The monoisotopic (exact) mass is 538 g/mol. The molecule has 0 amide bonds. The summed E-state index contributed by atoms with van der Waals surface area (Å²) in [6.07, 6.45) is 18.4. The van der Waals surface area contributed by atoms with Gasteiger partial charge in [-0.15, -0.1) is 10.2 Å². The zero-order valence-corrected chi connectivity index (χ0v) is 24.7. The van der Waals surface area contributed by atoms with Crippen LogP contribution < -0.4 is 4.74 Å². The molecule has 0 spiro atoms. The number of hydrogen-bond donors (Lipinski definition) is 2. The highest BCUT2D eigenvalue weighted by molar-refractivity contribution is 5.93. The zero-order valence-electron chi connectivity index (χ0n) is 24.7. The van der Waals surface area contributed by atoms with Gasteiger partial charge in [0.2, 0.25) is 0 Å². The summed E-state index contributed by atoms with van der Waals surface area (Å²) < 4.78 is 6.17. The predicted octanol–water partition coefficient (Wildman–Crippen LogP) is 10.7. The van der Waals surface area contributed by atoms with Crippen LogP contribution in [0.15, 0.2) is 46.6 Å². The minimum Gasteiger partial charge on any atom is -0.506 e. The molecule has 6 nitrogen and oxygen atoms in total. The van der Waals surface area contributed by atoms with E-state index in [9.17, 15) is 15.0 Å². The van der Waals surface area contributed by atoms with Crippen LogP contribution in [0.5, 0.6) is 11.5 Å². The van der Waals surface area contributed by atoms with Gasteiger partial charge < -0.3 is 14.9 Å². The number of phenolic OH excluding ortho intramolecular Hbond substituents is 1. The standard InChI is InChI=1S/C33H50N2O4/c1-5-6-7-8-9-10-11-12-13-14-15-16-17-20-23-39-31-25-29(30(36)24-27(31)33(2,3)4)35-34-28-22-19-18-21-26(28)32(37)38/h18-19,21-22,24-25,36H,5-17,20,23H2,1-4H3,(H,37,38).